The van der Waals surface area contributed by atoms with Crippen LogP contribution in [-0.2, 0) is 9.53 Å². The molecule has 0 spiro atoms. The van der Waals surface area contributed by atoms with E-state index in [0.29, 0.717) is 18.6 Å². The summed E-state index contributed by atoms with van der Waals surface area (Å²) in [5.41, 5.74) is 0.333. The predicted octanol–water partition coefficient (Wildman–Crippen LogP) is 3.74. The lowest BCUT2D eigenvalue weighted by molar-refractivity contribution is -0.118. The molecular weight excluding hydrogens is 288 g/mol. The summed E-state index contributed by atoms with van der Waals surface area (Å²) >= 11 is 0. The second-order valence-electron chi connectivity index (χ2n) is 7.18. The van der Waals surface area contributed by atoms with E-state index in [1.165, 1.54) is 0 Å². The first-order valence-electron chi connectivity index (χ1n) is 7.65. The molecule has 1 aromatic carbocycles. The molecule has 0 saturated carbocycles. The number of Topliss-reactive ketones (excluding diaryl/α,β-unsaturated/α-hetero) is 1. The predicted molar refractivity (Wildman–Crippen MR) is 83.7 cm³/mol. The van der Waals surface area contributed by atoms with Crippen LogP contribution in [0.25, 0.3) is 0 Å². The van der Waals surface area contributed by atoms with Crippen LogP contribution < -0.4 is 0 Å². The number of ketones is 1. The van der Waals surface area contributed by atoms with Gasteiger partial charge in [0, 0.05) is 12.8 Å². The molecule has 1 aliphatic heterocycles. The average Bonchev–Trinajstić information content (AvgIpc) is 2.81. The van der Waals surface area contributed by atoms with Gasteiger partial charge in [0.05, 0.1) is 17.7 Å². The maximum atomic E-state index is 12.6. The van der Waals surface area contributed by atoms with Gasteiger partial charge in [-0.15, -0.1) is 0 Å². The quantitative estimate of drug-likeness (QED) is 0.792. The summed E-state index contributed by atoms with van der Waals surface area (Å²) in [5, 5.41) is 19.5. The van der Waals surface area contributed by atoms with Gasteiger partial charge in [-0.2, -0.15) is 10.5 Å². The van der Waals surface area contributed by atoms with Gasteiger partial charge in [-0.05, 0) is 17.9 Å². The number of benzene rings is 1. The van der Waals surface area contributed by atoms with Gasteiger partial charge in [0.25, 0.3) is 0 Å². The molecule has 4 nitrogen and oxygen atoms in total. The molecule has 3 rings (SSSR count). The lowest BCUT2D eigenvalue weighted by atomic mass is 9.68. The molecule has 0 amide bonds. The van der Waals surface area contributed by atoms with Crippen molar-refractivity contribution in [1.29, 1.82) is 10.5 Å². The number of carbonyl (C=O) groups is 1. The third kappa shape index (κ3) is 2.23. The van der Waals surface area contributed by atoms with Gasteiger partial charge in [-0.3, -0.25) is 4.79 Å². The zero-order valence-electron chi connectivity index (χ0n) is 13.5. The lowest BCUT2D eigenvalue weighted by Gasteiger charge is -2.29. The van der Waals surface area contributed by atoms with Crippen molar-refractivity contribution in [1.82, 2.24) is 0 Å². The summed E-state index contributed by atoms with van der Waals surface area (Å²) in [4.78, 5) is 12.6. The van der Waals surface area contributed by atoms with E-state index in [0.717, 1.165) is 11.1 Å². The zero-order chi connectivity index (χ0) is 16.8. The standard InChI is InChI=1S/C19H18N2O2/c1-12-4-6-13(7-5-12)17-19(10-20,11-21)16-14(22)8-18(2,3)9-15(16)23-17/h4-7,17H,8-9H2,1-3H3. The summed E-state index contributed by atoms with van der Waals surface area (Å²) in [7, 11) is 0. The third-order valence-corrected chi connectivity index (χ3v) is 4.62. The van der Waals surface area contributed by atoms with Crippen LogP contribution in [0.4, 0.5) is 0 Å². The molecule has 1 unspecified atom stereocenters. The van der Waals surface area contributed by atoms with E-state index in [9.17, 15) is 15.3 Å². The topological polar surface area (TPSA) is 73.9 Å². The Kier molecular flexibility index (Phi) is 3.30. The van der Waals surface area contributed by atoms with Crippen LogP contribution in [-0.4, -0.2) is 5.78 Å². The smallest absolute Gasteiger partial charge is 0.215 e. The van der Waals surface area contributed by atoms with Crippen LogP contribution in [0.5, 0.6) is 0 Å². The van der Waals surface area contributed by atoms with Gasteiger partial charge in [0.1, 0.15) is 5.76 Å². The highest BCUT2D eigenvalue weighted by Gasteiger charge is 2.57. The van der Waals surface area contributed by atoms with Crippen molar-refractivity contribution < 1.29 is 9.53 Å². The van der Waals surface area contributed by atoms with Gasteiger partial charge < -0.3 is 4.74 Å². The molecule has 0 saturated heterocycles. The van der Waals surface area contributed by atoms with Gasteiger partial charge in [0.2, 0.25) is 5.41 Å². The number of hydrogen-bond acceptors (Lipinski definition) is 4. The molecule has 1 aliphatic carbocycles. The highest BCUT2D eigenvalue weighted by molar-refractivity contribution is 6.00. The van der Waals surface area contributed by atoms with E-state index < -0.39 is 11.5 Å². The van der Waals surface area contributed by atoms with Crippen LogP contribution >= 0.6 is 0 Å². The molecule has 116 valence electrons. The third-order valence-electron chi connectivity index (χ3n) is 4.62. The molecule has 0 fully saturated rings. The molecule has 1 aromatic rings. The minimum absolute atomic E-state index is 0.144. The van der Waals surface area contributed by atoms with E-state index in [-0.39, 0.29) is 16.8 Å². The Bertz CT molecular complexity index is 774. The number of aryl methyl sites for hydroxylation is 1. The van der Waals surface area contributed by atoms with Crippen molar-refractivity contribution in [3.05, 3.63) is 46.7 Å². The maximum Gasteiger partial charge on any atom is 0.215 e. The summed E-state index contributed by atoms with van der Waals surface area (Å²) in [6.45, 7) is 5.96. The molecule has 23 heavy (non-hydrogen) atoms. The van der Waals surface area contributed by atoms with Crippen molar-refractivity contribution >= 4 is 5.78 Å². The number of nitrogens with zero attached hydrogens (tertiary/aromatic N) is 2. The van der Waals surface area contributed by atoms with Crippen LogP contribution in [0, 0.1) is 40.4 Å². The Morgan fingerprint density at radius 2 is 1.74 bits per heavy atom. The monoisotopic (exact) mass is 306 g/mol. The Morgan fingerprint density at radius 3 is 2.30 bits per heavy atom. The van der Waals surface area contributed by atoms with Crippen molar-refractivity contribution in [2.75, 3.05) is 0 Å². The molecule has 0 bridgehead atoms. The van der Waals surface area contributed by atoms with Crippen molar-refractivity contribution in [2.24, 2.45) is 10.8 Å². The largest absolute Gasteiger partial charge is 0.486 e. The molecule has 0 aromatic heterocycles. The molecule has 1 heterocycles. The SMILES string of the molecule is Cc1ccc(C2OC3=C(C(=O)CC(C)(C)C3)C2(C#N)C#N)cc1. The molecule has 0 N–H and O–H groups in total. The summed E-state index contributed by atoms with van der Waals surface area (Å²) in [5.74, 6) is 0.369. The molecule has 2 aliphatic rings. The number of rotatable bonds is 1. The average molecular weight is 306 g/mol. The van der Waals surface area contributed by atoms with Crippen molar-refractivity contribution in [2.45, 2.75) is 39.7 Å². The van der Waals surface area contributed by atoms with E-state index >= 15 is 0 Å². The van der Waals surface area contributed by atoms with Crippen LogP contribution in [0.2, 0.25) is 0 Å². The number of hydrogen-bond donors (Lipinski definition) is 0. The second kappa shape index (κ2) is 4.96. The minimum atomic E-state index is -1.56. The van der Waals surface area contributed by atoms with E-state index in [1.54, 1.807) is 0 Å². The number of carbonyl (C=O) groups excluding carboxylic acids is 1. The normalized spacial score (nSPS) is 24.4. The maximum absolute atomic E-state index is 12.6. The van der Waals surface area contributed by atoms with Crippen molar-refractivity contribution in [3.63, 3.8) is 0 Å². The number of nitriles is 2. The van der Waals surface area contributed by atoms with E-state index in [2.05, 4.69) is 12.1 Å². The first kappa shape index (κ1) is 15.3. The first-order valence-corrected chi connectivity index (χ1v) is 7.65. The summed E-state index contributed by atoms with van der Waals surface area (Å²) < 4.78 is 6.01. The highest BCUT2D eigenvalue weighted by Crippen LogP contribution is 2.56. The van der Waals surface area contributed by atoms with E-state index in [1.807, 2.05) is 45.0 Å². The fraction of sp³-hybridized carbons (Fsp3) is 0.421. The lowest BCUT2D eigenvalue weighted by Crippen LogP contribution is -2.32. The van der Waals surface area contributed by atoms with Gasteiger partial charge in [-0.25, -0.2) is 0 Å². The summed E-state index contributed by atoms with van der Waals surface area (Å²) in [6, 6.07) is 11.7. The minimum Gasteiger partial charge on any atom is -0.486 e. The fourth-order valence-electron chi connectivity index (χ4n) is 3.48. The molecule has 4 heteroatoms. The molecule has 1 atom stereocenters. The van der Waals surface area contributed by atoms with Gasteiger partial charge >= 0.3 is 0 Å². The fourth-order valence-corrected chi connectivity index (χ4v) is 3.48. The Morgan fingerprint density at radius 1 is 1.13 bits per heavy atom. The Hall–Kier alpha value is -2.59. The van der Waals surface area contributed by atoms with Gasteiger partial charge in [0.15, 0.2) is 11.9 Å². The highest BCUT2D eigenvalue weighted by atomic mass is 16.5. The molecule has 0 radical (unpaired) electrons. The number of ether oxygens (including phenoxy) is 1. The van der Waals surface area contributed by atoms with E-state index in [4.69, 9.17) is 4.74 Å². The second-order valence-corrected chi connectivity index (χ2v) is 7.18. The van der Waals surface area contributed by atoms with Crippen molar-refractivity contribution in [3.8, 4) is 12.1 Å². The first-order chi connectivity index (χ1) is 10.8. The summed E-state index contributed by atoms with van der Waals surface area (Å²) in [6.07, 6.45) is 0.156. The van der Waals surface area contributed by atoms with Crippen LogP contribution in [0.1, 0.15) is 43.9 Å². The van der Waals surface area contributed by atoms with Crippen LogP contribution in [0.15, 0.2) is 35.6 Å². The molecular formula is C19H18N2O2. The Labute approximate surface area is 136 Å². The Balaban J connectivity index is 2.13. The zero-order valence-corrected chi connectivity index (χ0v) is 13.5. The van der Waals surface area contributed by atoms with Crippen LogP contribution in [0.3, 0.4) is 0 Å². The number of allylic oxidation sites excluding steroid dienone is 1. The van der Waals surface area contributed by atoms with Gasteiger partial charge in [-0.1, -0.05) is 43.7 Å².